The van der Waals surface area contributed by atoms with Crippen LogP contribution in [0.15, 0.2) is 24.3 Å². The molecule has 1 aliphatic rings. The van der Waals surface area contributed by atoms with E-state index in [0.717, 1.165) is 18.5 Å². The third kappa shape index (κ3) is 3.40. The lowest BCUT2D eigenvalue weighted by atomic mass is 10.0. The van der Waals surface area contributed by atoms with E-state index in [4.69, 9.17) is 10.5 Å². The Morgan fingerprint density at radius 2 is 2.05 bits per heavy atom. The molecule has 0 aliphatic carbocycles. The summed E-state index contributed by atoms with van der Waals surface area (Å²) in [6.45, 7) is 1.31. The number of rotatable bonds is 3. The molecule has 2 rings (SSSR count). The van der Waals surface area contributed by atoms with E-state index in [1.54, 1.807) is 17.0 Å². The van der Waals surface area contributed by atoms with E-state index >= 15 is 0 Å². The van der Waals surface area contributed by atoms with Gasteiger partial charge in [0.25, 0.3) is 0 Å². The molecule has 3 N–H and O–H groups in total. The molecule has 0 radical (unpaired) electrons. The summed E-state index contributed by atoms with van der Waals surface area (Å²) in [5.74, 6) is -0.350. The third-order valence-electron chi connectivity index (χ3n) is 3.46. The molecule has 20 heavy (non-hydrogen) atoms. The van der Waals surface area contributed by atoms with Gasteiger partial charge in [0.05, 0.1) is 12.7 Å². The van der Waals surface area contributed by atoms with Crippen LogP contribution in [-0.2, 0) is 4.74 Å². The fourth-order valence-corrected chi connectivity index (χ4v) is 2.33. The van der Waals surface area contributed by atoms with E-state index in [-0.39, 0.29) is 18.0 Å². The number of anilines is 1. The van der Waals surface area contributed by atoms with Gasteiger partial charge in [0.15, 0.2) is 0 Å². The van der Waals surface area contributed by atoms with E-state index < -0.39 is 0 Å². The van der Waals surface area contributed by atoms with Crippen LogP contribution >= 0.6 is 0 Å². The van der Waals surface area contributed by atoms with Gasteiger partial charge < -0.3 is 20.7 Å². The molecule has 108 valence electrons. The van der Waals surface area contributed by atoms with Gasteiger partial charge in [0.2, 0.25) is 0 Å². The van der Waals surface area contributed by atoms with Crippen molar-refractivity contribution in [3.63, 3.8) is 0 Å². The van der Waals surface area contributed by atoms with Gasteiger partial charge in [0, 0.05) is 24.8 Å². The van der Waals surface area contributed by atoms with Crippen molar-refractivity contribution in [2.45, 2.75) is 18.9 Å². The van der Waals surface area contributed by atoms with Crippen molar-refractivity contribution in [2.24, 2.45) is 5.73 Å². The summed E-state index contributed by atoms with van der Waals surface area (Å²) in [7, 11) is 1.36. The smallest absolute Gasteiger partial charge is 0.337 e. The fourth-order valence-electron chi connectivity index (χ4n) is 2.33. The van der Waals surface area contributed by atoms with Crippen molar-refractivity contribution >= 4 is 17.7 Å². The summed E-state index contributed by atoms with van der Waals surface area (Å²) in [5, 5.41) is 3.37. The Morgan fingerprint density at radius 3 is 2.65 bits per heavy atom. The molecule has 6 nitrogen and oxygen atoms in total. The van der Waals surface area contributed by atoms with E-state index in [2.05, 4.69) is 5.32 Å². The van der Waals surface area contributed by atoms with Gasteiger partial charge in [-0.25, -0.2) is 9.59 Å². The van der Waals surface area contributed by atoms with E-state index in [0.29, 0.717) is 18.7 Å². The Kier molecular flexibility index (Phi) is 4.45. The lowest BCUT2D eigenvalue weighted by Crippen LogP contribution is -2.44. The first-order chi connectivity index (χ1) is 9.60. The Bertz CT molecular complexity index is 496. The zero-order chi connectivity index (χ0) is 14.5. The quantitative estimate of drug-likeness (QED) is 0.818. The van der Waals surface area contributed by atoms with Crippen molar-refractivity contribution in [1.82, 2.24) is 4.90 Å². The van der Waals surface area contributed by atoms with E-state index in [9.17, 15) is 9.59 Å². The minimum atomic E-state index is -0.365. The zero-order valence-corrected chi connectivity index (χ0v) is 11.5. The summed E-state index contributed by atoms with van der Waals surface area (Å²) in [4.78, 5) is 24.2. The Balaban J connectivity index is 1.94. The first kappa shape index (κ1) is 14.2. The number of carbonyl (C=O) groups is 2. The van der Waals surface area contributed by atoms with Gasteiger partial charge in [-0.05, 0) is 31.0 Å². The van der Waals surface area contributed by atoms with Crippen molar-refractivity contribution in [3.05, 3.63) is 29.8 Å². The molecule has 2 amide bonds. The van der Waals surface area contributed by atoms with Gasteiger partial charge in [-0.3, -0.25) is 0 Å². The van der Waals surface area contributed by atoms with Crippen LogP contribution in [-0.4, -0.2) is 43.1 Å². The Labute approximate surface area is 117 Å². The molecule has 0 unspecified atom stereocenters. The molecule has 1 fully saturated rings. The lowest BCUT2D eigenvalue weighted by Gasteiger charge is -2.31. The molecular formula is C14H19N3O3. The lowest BCUT2D eigenvalue weighted by molar-refractivity contribution is 0.0600. The van der Waals surface area contributed by atoms with Crippen LogP contribution in [0.4, 0.5) is 10.5 Å². The molecule has 0 aromatic heterocycles. The van der Waals surface area contributed by atoms with E-state index in [1.165, 1.54) is 7.11 Å². The molecule has 1 aromatic rings. The van der Waals surface area contributed by atoms with Crippen molar-refractivity contribution < 1.29 is 14.3 Å². The van der Waals surface area contributed by atoms with Gasteiger partial charge in [-0.1, -0.05) is 6.07 Å². The highest BCUT2D eigenvalue weighted by atomic mass is 16.5. The molecule has 0 spiro atoms. The standard InChI is InChI=1S/C14H19N3O3/c1-20-13(18)10-3-2-4-12(9-10)16-11-5-7-17(8-6-11)14(15)19/h2-4,9,11,16H,5-8H2,1H3,(H2,15,19). The van der Waals surface area contributed by atoms with Crippen LogP contribution < -0.4 is 11.1 Å². The molecule has 1 saturated heterocycles. The van der Waals surface area contributed by atoms with Gasteiger partial charge in [-0.2, -0.15) is 0 Å². The number of nitrogens with one attached hydrogen (secondary N) is 1. The summed E-state index contributed by atoms with van der Waals surface area (Å²) in [5.41, 5.74) is 6.65. The Hall–Kier alpha value is -2.24. The Morgan fingerprint density at radius 1 is 1.35 bits per heavy atom. The fraction of sp³-hybridized carbons (Fsp3) is 0.429. The SMILES string of the molecule is COC(=O)c1cccc(NC2CCN(C(N)=O)CC2)c1. The number of benzene rings is 1. The number of methoxy groups -OCH3 is 1. The van der Waals surface area contributed by atoms with Crippen LogP contribution in [0.2, 0.25) is 0 Å². The number of amides is 2. The van der Waals surface area contributed by atoms with Crippen LogP contribution in [0.5, 0.6) is 0 Å². The minimum Gasteiger partial charge on any atom is -0.465 e. The van der Waals surface area contributed by atoms with Gasteiger partial charge in [-0.15, -0.1) is 0 Å². The molecule has 1 heterocycles. The second kappa shape index (κ2) is 6.27. The number of hydrogen-bond donors (Lipinski definition) is 2. The number of hydrogen-bond acceptors (Lipinski definition) is 4. The summed E-state index contributed by atoms with van der Waals surface area (Å²) in [6, 6.07) is 7.12. The predicted molar refractivity (Wildman–Crippen MR) is 75.6 cm³/mol. The minimum absolute atomic E-state index is 0.276. The van der Waals surface area contributed by atoms with Crippen LogP contribution in [0.1, 0.15) is 23.2 Å². The highest BCUT2D eigenvalue weighted by molar-refractivity contribution is 5.90. The highest BCUT2D eigenvalue weighted by Gasteiger charge is 2.21. The number of urea groups is 1. The number of piperidine rings is 1. The van der Waals surface area contributed by atoms with Gasteiger partial charge in [0.1, 0.15) is 0 Å². The molecule has 0 atom stereocenters. The van der Waals surface area contributed by atoms with Crippen molar-refractivity contribution in [1.29, 1.82) is 0 Å². The number of esters is 1. The summed E-state index contributed by atoms with van der Waals surface area (Å²) >= 11 is 0. The molecule has 0 saturated carbocycles. The number of carbonyl (C=O) groups excluding carboxylic acids is 2. The van der Waals surface area contributed by atoms with Crippen LogP contribution in [0.25, 0.3) is 0 Å². The maximum absolute atomic E-state index is 11.5. The highest BCUT2D eigenvalue weighted by Crippen LogP contribution is 2.18. The average Bonchev–Trinajstić information content (AvgIpc) is 2.47. The maximum Gasteiger partial charge on any atom is 0.337 e. The monoisotopic (exact) mass is 277 g/mol. The first-order valence-electron chi connectivity index (χ1n) is 6.59. The topological polar surface area (TPSA) is 84.7 Å². The van der Waals surface area contributed by atoms with E-state index in [1.807, 2.05) is 12.1 Å². The van der Waals surface area contributed by atoms with Gasteiger partial charge >= 0.3 is 12.0 Å². The zero-order valence-electron chi connectivity index (χ0n) is 11.5. The molecule has 1 aliphatic heterocycles. The van der Waals surface area contributed by atoms with Crippen molar-refractivity contribution in [2.75, 3.05) is 25.5 Å². The van der Waals surface area contributed by atoms with Crippen molar-refractivity contribution in [3.8, 4) is 0 Å². The predicted octanol–water partition coefficient (Wildman–Crippen LogP) is 1.43. The number of likely N-dealkylation sites (tertiary alicyclic amines) is 1. The number of primary amides is 1. The number of nitrogens with zero attached hydrogens (tertiary/aromatic N) is 1. The molecule has 6 heteroatoms. The summed E-state index contributed by atoms with van der Waals surface area (Å²) in [6.07, 6.45) is 1.68. The third-order valence-corrected chi connectivity index (χ3v) is 3.46. The second-order valence-electron chi connectivity index (χ2n) is 4.82. The molecular weight excluding hydrogens is 258 g/mol. The largest absolute Gasteiger partial charge is 0.465 e. The van der Waals surface area contributed by atoms with Crippen LogP contribution in [0, 0.1) is 0 Å². The van der Waals surface area contributed by atoms with Crippen LogP contribution in [0.3, 0.4) is 0 Å². The second-order valence-corrected chi connectivity index (χ2v) is 4.82. The average molecular weight is 277 g/mol. The molecule has 0 bridgehead atoms. The number of nitrogens with two attached hydrogens (primary N) is 1. The summed E-state index contributed by atoms with van der Waals surface area (Å²) < 4.78 is 4.70. The first-order valence-corrected chi connectivity index (χ1v) is 6.59. The molecule has 1 aromatic carbocycles. The normalized spacial score (nSPS) is 15.8. The maximum atomic E-state index is 11.5. The number of ether oxygens (including phenoxy) is 1.